The molecule has 0 radical (unpaired) electrons. The smallest absolute Gasteiger partial charge is 0.237 e. The first kappa shape index (κ1) is 16.7. The third-order valence-corrected chi connectivity index (χ3v) is 4.43. The standard InChI is InChI=1S/C15H21N7OS/c1-10-17-11(7-13(18-10)19-15-20-16-9-24-15)12-5-4-6-22(12)14(23)8-21(2)3/h7,9,12H,4-6,8H2,1-3H3,(H,17,18,19,20)/t12-/m1/s1. The maximum absolute atomic E-state index is 12.5. The Morgan fingerprint density at radius 3 is 3.00 bits per heavy atom. The Morgan fingerprint density at radius 2 is 2.29 bits per heavy atom. The van der Waals surface area contributed by atoms with E-state index in [0.717, 1.165) is 25.1 Å². The molecule has 2 aromatic heterocycles. The fourth-order valence-electron chi connectivity index (χ4n) is 2.90. The van der Waals surface area contributed by atoms with Crippen LogP contribution in [0.1, 0.15) is 30.4 Å². The monoisotopic (exact) mass is 347 g/mol. The molecule has 0 unspecified atom stereocenters. The van der Waals surface area contributed by atoms with Crippen LogP contribution in [0.5, 0.6) is 0 Å². The van der Waals surface area contributed by atoms with E-state index in [1.807, 2.05) is 36.9 Å². The molecular weight excluding hydrogens is 326 g/mol. The molecule has 128 valence electrons. The molecule has 0 saturated carbocycles. The maximum Gasteiger partial charge on any atom is 0.237 e. The Hall–Kier alpha value is -2.13. The molecule has 0 bridgehead atoms. The van der Waals surface area contributed by atoms with E-state index in [9.17, 15) is 4.79 Å². The van der Waals surface area contributed by atoms with Crippen molar-refractivity contribution in [2.75, 3.05) is 32.5 Å². The van der Waals surface area contributed by atoms with E-state index in [-0.39, 0.29) is 11.9 Å². The molecule has 24 heavy (non-hydrogen) atoms. The molecule has 1 aliphatic heterocycles. The molecule has 1 saturated heterocycles. The Morgan fingerprint density at radius 1 is 1.46 bits per heavy atom. The second-order valence-corrected chi connectivity index (χ2v) is 6.91. The molecule has 0 aromatic carbocycles. The van der Waals surface area contributed by atoms with Crippen molar-refractivity contribution in [2.24, 2.45) is 0 Å². The zero-order valence-corrected chi connectivity index (χ0v) is 14.9. The van der Waals surface area contributed by atoms with Gasteiger partial charge in [0.2, 0.25) is 11.0 Å². The fraction of sp³-hybridized carbons (Fsp3) is 0.533. The Labute approximate surface area is 144 Å². The summed E-state index contributed by atoms with van der Waals surface area (Å²) in [6.07, 6.45) is 1.92. The Bertz CT molecular complexity index is 704. The van der Waals surface area contributed by atoms with Gasteiger partial charge in [-0.1, -0.05) is 11.3 Å². The number of carbonyl (C=O) groups is 1. The molecule has 1 amide bonds. The van der Waals surface area contributed by atoms with Crippen LogP contribution >= 0.6 is 11.3 Å². The van der Waals surface area contributed by atoms with Crippen LogP contribution in [0.3, 0.4) is 0 Å². The lowest BCUT2D eigenvalue weighted by atomic mass is 10.1. The molecule has 3 heterocycles. The molecular formula is C15H21N7OS. The van der Waals surface area contributed by atoms with Gasteiger partial charge in [-0.05, 0) is 33.9 Å². The predicted molar refractivity (Wildman–Crippen MR) is 92.2 cm³/mol. The number of aromatic nitrogens is 4. The second-order valence-electron chi connectivity index (χ2n) is 6.08. The van der Waals surface area contributed by atoms with Gasteiger partial charge in [-0.15, -0.1) is 10.2 Å². The van der Waals surface area contributed by atoms with Crippen molar-refractivity contribution < 1.29 is 4.79 Å². The van der Waals surface area contributed by atoms with Crippen molar-refractivity contribution in [3.8, 4) is 0 Å². The number of nitrogens with zero attached hydrogens (tertiary/aromatic N) is 6. The van der Waals surface area contributed by atoms with E-state index in [2.05, 4.69) is 25.5 Å². The van der Waals surface area contributed by atoms with E-state index in [0.29, 0.717) is 23.3 Å². The fourth-order valence-corrected chi connectivity index (χ4v) is 3.35. The van der Waals surface area contributed by atoms with Crippen LogP contribution in [0.4, 0.5) is 10.9 Å². The van der Waals surface area contributed by atoms with E-state index in [4.69, 9.17) is 0 Å². The van der Waals surface area contributed by atoms with Crippen LogP contribution in [-0.4, -0.2) is 63.1 Å². The number of amides is 1. The maximum atomic E-state index is 12.5. The van der Waals surface area contributed by atoms with Crippen LogP contribution in [-0.2, 0) is 4.79 Å². The largest absolute Gasteiger partial charge is 0.333 e. The van der Waals surface area contributed by atoms with Crippen LogP contribution in [0.25, 0.3) is 0 Å². The minimum Gasteiger partial charge on any atom is -0.333 e. The summed E-state index contributed by atoms with van der Waals surface area (Å²) in [6.45, 7) is 3.05. The first-order chi connectivity index (χ1) is 11.5. The molecule has 0 spiro atoms. The number of hydrogen-bond acceptors (Lipinski definition) is 8. The Kier molecular flexibility index (Phi) is 5.00. The van der Waals surface area contributed by atoms with Crippen molar-refractivity contribution >= 4 is 28.2 Å². The summed E-state index contributed by atoms with van der Waals surface area (Å²) in [7, 11) is 3.81. The Balaban J connectivity index is 1.82. The van der Waals surface area contributed by atoms with E-state index in [1.54, 1.807) is 5.51 Å². The summed E-state index contributed by atoms with van der Waals surface area (Å²) in [5.74, 6) is 1.49. The number of nitrogens with one attached hydrogen (secondary N) is 1. The number of carbonyl (C=O) groups excluding carboxylic acids is 1. The van der Waals surface area contributed by atoms with Gasteiger partial charge < -0.3 is 15.1 Å². The first-order valence-corrected chi connectivity index (χ1v) is 8.74. The minimum atomic E-state index is 0.00844. The lowest BCUT2D eigenvalue weighted by Crippen LogP contribution is -2.37. The number of rotatable bonds is 5. The molecule has 1 aliphatic rings. The normalized spacial score (nSPS) is 17.5. The van der Waals surface area contributed by atoms with E-state index >= 15 is 0 Å². The van der Waals surface area contributed by atoms with Crippen molar-refractivity contribution in [1.82, 2.24) is 30.0 Å². The highest BCUT2D eigenvalue weighted by Crippen LogP contribution is 2.32. The third-order valence-electron chi connectivity index (χ3n) is 3.82. The molecule has 8 nitrogen and oxygen atoms in total. The second kappa shape index (κ2) is 7.18. The highest BCUT2D eigenvalue weighted by Gasteiger charge is 2.31. The molecule has 1 N–H and O–H groups in total. The van der Waals surface area contributed by atoms with Gasteiger partial charge in [0.25, 0.3) is 0 Å². The highest BCUT2D eigenvalue weighted by molar-refractivity contribution is 7.13. The molecule has 1 fully saturated rings. The average molecular weight is 347 g/mol. The summed E-state index contributed by atoms with van der Waals surface area (Å²) in [5, 5.41) is 11.6. The summed E-state index contributed by atoms with van der Waals surface area (Å²) in [5.41, 5.74) is 2.54. The van der Waals surface area contributed by atoms with Gasteiger partial charge in [-0.25, -0.2) is 9.97 Å². The quantitative estimate of drug-likeness (QED) is 0.879. The van der Waals surface area contributed by atoms with Gasteiger partial charge in [0.05, 0.1) is 18.3 Å². The summed E-state index contributed by atoms with van der Waals surface area (Å²) >= 11 is 1.41. The van der Waals surface area contributed by atoms with Crippen molar-refractivity contribution in [3.05, 3.63) is 23.1 Å². The number of hydrogen-bond donors (Lipinski definition) is 1. The number of aryl methyl sites for hydroxylation is 1. The number of likely N-dealkylation sites (N-methyl/N-ethyl adjacent to an activating group) is 1. The zero-order valence-electron chi connectivity index (χ0n) is 14.1. The molecule has 1 atom stereocenters. The summed E-state index contributed by atoms with van der Waals surface area (Å²) < 4.78 is 0. The van der Waals surface area contributed by atoms with Gasteiger partial charge in [0.15, 0.2) is 0 Å². The summed E-state index contributed by atoms with van der Waals surface area (Å²) in [6, 6.07) is 1.91. The summed E-state index contributed by atoms with van der Waals surface area (Å²) in [4.78, 5) is 25.3. The zero-order chi connectivity index (χ0) is 17.1. The predicted octanol–water partition coefficient (Wildman–Crippen LogP) is 1.61. The van der Waals surface area contributed by atoms with Crippen LogP contribution in [0, 0.1) is 6.92 Å². The average Bonchev–Trinajstić information content (AvgIpc) is 3.16. The molecule has 9 heteroatoms. The van der Waals surface area contributed by atoms with Crippen molar-refractivity contribution in [2.45, 2.75) is 25.8 Å². The number of anilines is 2. The van der Waals surface area contributed by atoms with Gasteiger partial charge in [0, 0.05) is 12.6 Å². The molecule has 0 aliphatic carbocycles. The third kappa shape index (κ3) is 3.85. The highest BCUT2D eigenvalue weighted by atomic mass is 32.1. The van der Waals surface area contributed by atoms with Gasteiger partial charge in [0.1, 0.15) is 17.2 Å². The van der Waals surface area contributed by atoms with Crippen LogP contribution in [0.15, 0.2) is 11.6 Å². The van der Waals surface area contributed by atoms with E-state index < -0.39 is 0 Å². The lowest BCUT2D eigenvalue weighted by molar-refractivity contribution is -0.132. The van der Waals surface area contributed by atoms with Gasteiger partial charge in [-0.2, -0.15) is 0 Å². The minimum absolute atomic E-state index is 0.00844. The topological polar surface area (TPSA) is 87.1 Å². The van der Waals surface area contributed by atoms with E-state index in [1.165, 1.54) is 11.3 Å². The molecule has 2 aromatic rings. The van der Waals surface area contributed by atoms with Gasteiger partial charge >= 0.3 is 0 Å². The number of likely N-dealkylation sites (tertiary alicyclic amines) is 1. The SMILES string of the molecule is Cc1nc(Nc2nncs2)cc([C@H]2CCCN2C(=O)CN(C)C)n1. The van der Waals surface area contributed by atoms with Crippen LogP contribution < -0.4 is 5.32 Å². The first-order valence-electron chi connectivity index (χ1n) is 7.86. The lowest BCUT2D eigenvalue weighted by Gasteiger charge is -2.26. The van der Waals surface area contributed by atoms with Gasteiger partial charge in [-0.3, -0.25) is 4.79 Å². The van der Waals surface area contributed by atoms with Crippen molar-refractivity contribution in [3.63, 3.8) is 0 Å². The van der Waals surface area contributed by atoms with Crippen molar-refractivity contribution in [1.29, 1.82) is 0 Å². The molecule has 3 rings (SSSR count). The van der Waals surface area contributed by atoms with Crippen LogP contribution in [0.2, 0.25) is 0 Å².